The Bertz CT molecular complexity index is 563. The molecule has 0 aromatic rings. The Morgan fingerprint density at radius 3 is 2.03 bits per heavy atom. The van der Waals surface area contributed by atoms with E-state index in [2.05, 4.69) is 20.8 Å². The molecule has 1 aliphatic heterocycles. The number of ketones is 1. The number of hydrogen-bond acceptors (Lipinski definition) is 3. The van der Waals surface area contributed by atoms with Crippen LogP contribution in [0.15, 0.2) is 0 Å². The van der Waals surface area contributed by atoms with Crippen molar-refractivity contribution >= 4 is 17.6 Å². The van der Waals surface area contributed by atoms with E-state index >= 15 is 0 Å². The summed E-state index contributed by atoms with van der Waals surface area (Å²) in [4.78, 5) is 39.3. The fourth-order valence-electron chi connectivity index (χ4n) is 4.54. The van der Waals surface area contributed by atoms with Gasteiger partial charge in [-0.15, -0.1) is 0 Å². The number of Topliss-reactive ketones (excluding diaryl/α,β-unsaturated/α-hetero) is 1. The van der Waals surface area contributed by atoms with E-state index in [0.717, 1.165) is 51.4 Å². The van der Waals surface area contributed by atoms with Crippen LogP contribution in [0.3, 0.4) is 0 Å². The van der Waals surface area contributed by atoms with Gasteiger partial charge in [0.25, 0.3) is 0 Å². The first-order valence-electron chi connectivity index (χ1n) is 12.4. The van der Waals surface area contributed by atoms with Crippen molar-refractivity contribution in [2.75, 3.05) is 6.54 Å². The highest BCUT2D eigenvalue weighted by molar-refractivity contribution is 6.03. The van der Waals surface area contributed by atoms with Gasteiger partial charge < -0.3 is 0 Å². The number of hydrogen-bond donors (Lipinski definition) is 0. The zero-order chi connectivity index (χ0) is 22.8. The van der Waals surface area contributed by atoms with E-state index in [1.807, 2.05) is 20.8 Å². The highest BCUT2D eigenvalue weighted by Crippen LogP contribution is 2.36. The molecule has 2 unspecified atom stereocenters. The van der Waals surface area contributed by atoms with Crippen LogP contribution in [-0.4, -0.2) is 29.0 Å². The van der Waals surface area contributed by atoms with Crippen molar-refractivity contribution in [1.82, 2.24) is 4.90 Å². The smallest absolute Gasteiger partial charge is 0.233 e. The molecule has 2 atom stereocenters. The molecular weight excluding hydrogens is 374 g/mol. The van der Waals surface area contributed by atoms with Crippen LogP contribution in [0.25, 0.3) is 0 Å². The molecule has 4 nitrogen and oxygen atoms in total. The second-order valence-corrected chi connectivity index (χ2v) is 10.7. The summed E-state index contributed by atoms with van der Waals surface area (Å²) in [6, 6.07) is 0. The van der Waals surface area contributed by atoms with Gasteiger partial charge in [-0.25, -0.2) is 0 Å². The number of nitrogens with zero attached hydrogens (tertiary/aromatic N) is 1. The van der Waals surface area contributed by atoms with Gasteiger partial charge in [-0.3, -0.25) is 19.3 Å². The fourth-order valence-corrected chi connectivity index (χ4v) is 4.54. The van der Waals surface area contributed by atoms with Gasteiger partial charge in [0.15, 0.2) is 0 Å². The largest absolute Gasteiger partial charge is 0.299 e. The van der Waals surface area contributed by atoms with Crippen LogP contribution in [0.5, 0.6) is 0 Å². The molecule has 1 fully saturated rings. The van der Waals surface area contributed by atoms with E-state index in [-0.39, 0.29) is 28.6 Å². The van der Waals surface area contributed by atoms with Crippen molar-refractivity contribution in [3.8, 4) is 0 Å². The SMILES string of the molecule is CCCCCCC(C)(CCCC)C(=O)CCCCCN1C(=O)CC(C(C)(C)C)C1=O. The van der Waals surface area contributed by atoms with Gasteiger partial charge in [0.2, 0.25) is 11.8 Å². The van der Waals surface area contributed by atoms with E-state index in [4.69, 9.17) is 0 Å². The number of likely N-dealkylation sites (tertiary alicyclic amines) is 1. The van der Waals surface area contributed by atoms with Gasteiger partial charge in [-0.1, -0.05) is 86.5 Å². The van der Waals surface area contributed by atoms with Crippen molar-refractivity contribution in [2.24, 2.45) is 16.7 Å². The molecule has 1 saturated heterocycles. The molecule has 0 aromatic heterocycles. The molecule has 0 aromatic carbocycles. The zero-order valence-electron chi connectivity index (χ0n) is 20.6. The molecule has 0 spiro atoms. The Hall–Kier alpha value is -1.19. The summed E-state index contributed by atoms with van der Waals surface area (Å²) >= 11 is 0. The quantitative estimate of drug-likeness (QED) is 0.218. The monoisotopic (exact) mass is 421 g/mol. The summed E-state index contributed by atoms with van der Waals surface area (Å²) in [5, 5.41) is 0. The highest BCUT2D eigenvalue weighted by atomic mass is 16.2. The third-order valence-corrected chi connectivity index (χ3v) is 6.91. The summed E-state index contributed by atoms with van der Waals surface area (Å²) in [7, 11) is 0. The molecule has 1 heterocycles. The van der Waals surface area contributed by atoms with Gasteiger partial charge in [-0.05, 0) is 31.1 Å². The van der Waals surface area contributed by atoms with E-state index in [1.165, 1.54) is 24.2 Å². The molecule has 0 saturated carbocycles. The average molecular weight is 422 g/mol. The molecule has 0 radical (unpaired) electrons. The molecule has 174 valence electrons. The summed E-state index contributed by atoms with van der Waals surface area (Å²) < 4.78 is 0. The Kier molecular flexibility index (Phi) is 11.3. The lowest BCUT2D eigenvalue weighted by Crippen LogP contribution is -2.34. The molecule has 1 aliphatic rings. The van der Waals surface area contributed by atoms with Crippen LogP contribution in [0.2, 0.25) is 0 Å². The van der Waals surface area contributed by atoms with Crippen LogP contribution in [0, 0.1) is 16.7 Å². The lowest BCUT2D eigenvalue weighted by atomic mass is 9.75. The van der Waals surface area contributed by atoms with Crippen LogP contribution in [0.1, 0.15) is 125 Å². The first-order valence-corrected chi connectivity index (χ1v) is 12.4. The second-order valence-electron chi connectivity index (χ2n) is 10.7. The summed E-state index contributed by atoms with van der Waals surface area (Å²) in [5.41, 5.74) is -0.349. The van der Waals surface area contributed by atoms with Crippen molar-refractivity contribution in [1.29, 1.82) is 0 Å². The summed E-state index contributed by atoms with van der Waals surface area (Å²) in [5.74, 6) is 0.171. The molecule has 30 heavy (non-hydrogen) atoms. The molecule has 4 heteroatoms. The first-order chi connectivity index (χ1) is 14.1. The third kappa shape index (κ3) is 8.15. The number of rotatable bonds is 15. The molecular formula is C26H47NO3. The van der Waals surface area contributed by atoms with Crippen molar-refractivity contribution in [3.63, 3.8) is 0 Å². The first kappa shape index (κ1) is 26.8. The third-order valence-electron chi connectivity index (χ3n) is 6.91. The minimum absolute atomic E-state index is 0.0113. The van der Waals surface area contributed by atoms with Crippen LogP contribution in [-0.2, 0) is 14.4 Å². The van der Waals surface area contributed by atoms with Crippen molar-refractivity contribution in [2.45, 2.75) is 125 Å². The highest BCUT2D eigenvalue weighted by Gasteiger charge is 2.44. The minimum Gasteiger partial charge on any atom is -0.299 e. The van der Waals surface area contributed by atoms with Gasteiger partial charge in [0, 0.05) is 24.8 Å². The fraction of sp³-hybridized carbons (Fsp3) is 0.885. The Morgan fingerprint density at radius 1 is 0.867 bits per heavy atom. The molecule has 0 bridgehead atoms. The molecule has 2 amide bonds. The number of carbonyl (C=O) groups excluding carboxylic acids is 3. The molecule has 1 rings (SSSR count). The Labute approximate surface area is 185 Å². The van der Waals surface area contributed by atoms with E-state index in [0.29, 0.717) is 25.2 Å². The number of carbonyl (C=O) groups is 3. The minimum atomic E-state index is -0.196. The van der Waals surface area contributed by atoms with Gasteiger partial charge in [-0.2, -0.15) is 0 Å². The van der Waals surface area contributed by atoms with E-state index < -0.39 is 0 Å². The summed E-state index contributed by atoms with van der Waals surface area (Å²) in [6.07, 6.45) is 12.6. The molecule has 0 N–H and O–H groups in total. The lowest BCUT2D eigenvalue weighted by molar-refractivity contribution is -0.140. The zero-order valence-corrected chi connectivity index (χ0v) is 20.6. The topological polar surface area (TPSA) is 54.5 Å². The number of unbranched alkanes of at least 4 members (excludes halogenated alkanes) is 6. The van der Waals surface area contributed by atoms with Crippen LogP contribution in [0.4, 0.5) is 0 Å². The predicted octanol–water partition coefficient (Wildman–Crippen LogP) is 6.70. The van der Waals surface area contributed by atoms with Crippen molar-refractivity contribution < 1.29 is 14.4 Å². The predicted molar refractivity (Wildman–Crippen MR) is 124 cm³/mol. The maximum Gasteiger partial charge on any atom is 0.233 e. The summed E-state index contributed by atoms with van der Waals surface area (Å²) in [6.45, 7) is 13.1. The number of amides is 2. The molecule has 0 aliphatic carbocycles. The second kappa shape index (κ2) is 12.6. The lowest BCUT2D eigenvalue weighted by Gasteiger charge is -2.28. The average Bonchev–Trinajstić information content (AvgIpc) is 2.97. The Morgan fingerprint density at radius 2 is 1.47 bits per heavy atom. The van der Waals surface area contributed by atoms with Gasteiger partial charge >= 0.3 is 0 Å². The van der Waals surface area contributed by atoms with Crippen molar-refractivity contribution in [3.05, 3.63) is 0 Å². The van der Waals surface area contributed by atoms with Gasteiger partial charge in [0.1, 0.15) is 5.78 Å². The van der Waals surface area contributed by atoms with E-state index in [9.17, 15) is 14.4 Å². The standard InChI is InChI=1S/C26H47NO3/c1-7-9-11-14-18-26(6,17-10-8-2)22(28)16-13-12-15-19-27-23(29)20-21(24(27)30)25(3,4)5/h21H,7-20H2,1-6H3. The van der Waals surface area contributed by atoms with Gasteiger partial charge in [0.05, 0.1) is 5.92 Å². The van der Waals surface area contributed by atoms with Crippen LogP contribution >= 0.6 is 0 Å². The van der Waals surface area contributed by atoms with Crippen LogP contribution < -0.4 is 0 Å². The Balaban J connectivity index is 2.42. The van der Waals surface area contributed by atoms with E-state index in [1.54, 1.807) is 0 Å². The maximum atomic E-state index is 13.0. The maximum absolute atomic E-state index is 13.0. The number of imide groups is 1. The normalized spacial score (nSPS) is 19.4.